The average Bonchev–Trinajstić information content (AvgIpc) is 2.68. The Kier molecular flexibility index (Phi) is 8.00. The summed E-state index contributed by atoms with van der Waals surface area (Å²) >= 11 is 11.9. The van der Waals surface area contributed by atoms with Gasteiger partial charge in [0.05, 0.1) is 18.3 Å². The van der Waals surface area contributed by atoms with Crippen LogP contribution < -0.4 is 19.6 Å². The Morgan fingerprint density at radius 1 is 1.32 bits per heavy atom. The molecule has 2 aromatic rings. The summed E-state index contributed by atoms with van der Waals surface area (Å²) in [5.41, 5.74) is 2.99. The van der Waals surface area contributed by atoms with E-state index in [2.05, 4.69) is 16.4 Å². The van der Waals surface area contributed by atoms with Crippen molar-refractivity contribution in [3.63, 3.8) is 0 Å². The fourth-order valence-electron chi connectivity index (χ4n) is 2.13. The van der Waals surface area contributed by atoms with Crippen molar-refractivity contribution in [1.29, 1.82) is 0 Å². The number of hydrazone groups is 1. The fourth-order valence-corrected chi connectivity index (χ4v) is 2.59. The molecule has 1 unspecified atom stereocenters. The Morgan fingerprint density at radius 2 is 2.11 bits per heavy atom. The zero-order valence-electron chi connectivity index (χ0n) is 15.2. The van der Waals surface area contributed by atoms with Crippen LogP contribution in [0.1, 0.15) is 12.5 Å². The van der Waals surface area contributed by atoms with Crippen LogP contribution in [0, 0.1) is 12.3 Å². The van der Waals surface area contributed by atoms with Crippen LogP contribution in [0.25, 0.3) is 0 Å². The number of hydrogen-bond donors (Lipinski definition) is 1. The molecule has 1 atom stereocenters. The predicted octanol–water partition coefficient (Wildman–Crippen LogP) is 3.93. The van der Waals surface area contributed by atoms with Crippen LogP contribution in [0.5, 0.6) is 17.2 Å². The van der Waals surface area contributed by atoms with Crippen molar-refractivity contribution in [3.8, 4) is 29.6 Å². The first kappa shape index (κ1) is 21.4. The SMILES string of the molecule is C#CCOc1c(C=NNC(=O)C(C)Oc2ccc(Cl)cc2Cl)cccc1OC. The first-order chi connectivity index (χ1) is 13.5. The highest BCUT2D eigenvalue weighted by Crippen LogP contribution is 2.30. The summed E-state index contributed by atoms with van der Waals surface area (Å²) in [5.74, 6) is 3.20. The summed E-state index contributed by atoms with van der Waals surface area (Å²) in [5, 5.41) is 4.72. The minimum absolute atomic E-state index is 0.0697. The smallest absolute Gasteiger partial charge is 0.280 e. The summed E-state index contributed by atoms with van der Waals surface area (Å²) in [6.45, 7) is 1.64. The number of carbonyl (C=O) groups is 1. The molecule has 0 fully saturated rings. The molecule has 2 aromatic carbocycles. The lowest BCUT2D eigenvalue weighted by Crippen LogP contribution is -2.33. The number of ether oxygens (including phenoxy) is 3. The molecule has 6 nitrogen and oxygen atoms in total. The van der Waals surface area contributed by atoms with Crippen molar-refractivity contribution in [2.75, 3.05) is 13.7 Å². The van der Waals surface area contributed by atoms with Gasteiger partial charge >= 0.3 is 0 Å². The molecule has 1 amide bonds. The number of terminal acetylenes is 1. The van der Waals surface area contributed by atoms with Gasteiger partial charge < -0.3 is 14.2 Å². The maximum atomic E-state index is 12.2. The number of nitrogens with one attached hydrogen (secondary N) is 1. The molecule has 28 heavy (non-hydrogen) atoms. The third-order valence-corrected chi connectivity index (χ3v) is 4.00. The van der Waals surface area contributed by atoms with Gasteiger partial charge in [-0.15, -0.1) is 6.42 Å². The zero-order valence-corrected chi connectivity index (χ0v) is 16.8. The number of hydrogen-bond acceptors (Lipinski definition) is 5. The molecule has 0 heterocycles. The molecule has 0 aliphatic rings. The molecule has 0 radical (unpaired) electrons. The van der Waals surface area contributed by atoms with Crippen LogP contribution in [0.2, 0.25) is 10.0 Å². The van der Waals surface area contributed by atoms with Gasteiger partial charge in [0, 0.05) is 10.6 Å². The number of benzene rings is 2. The largest absolute Gasteiger partial charge is 0.493 e. The van der Waals surface area contributed by atoms with E-state index < -0.39 is 12.0 Å². The summed E-state index contributed by atoms with van der Waals surface area (Å²) < 4.78 is 16.3. The lowest BCUT2D eigenvalue weighted by atomic mass is 10.2. The van der Waals surface area contributed by atoms with Gasteiger partial charge in [-0.1, -0.05) is 35.2 Å². The minimum Gasteiger partial charge on any atom is -0.493 e. The fraction of sp³-hybridized carbons (Fsp3) is 0.200. The Hall–Kier alpha value is -2.88. The highest BCUT2D eigenvalue weighted by atomic mass is 35.5. The highest BCUT2D eigenvalue weighted by molar-refractivity contribution is 6.35. The molecule has 2 rings (SSSR count). The van der Waals surface area contributed by atoms with E-state index in [-0.39, 0.29) is 6.61 Å². The molecule has 0 aromatic heterocycles. The molecule has 0 aliphatic carbocycles. The Balaban J connectivity index is 2.03. The first-order valence-electron chi connectivity index (χ1n) is 8.14. The van der Waals surface area contributed by atoms with Gasteiger partial charge in [-0.3, -0.25) is 4.79 Å². The molecule has 146 valence electrons. The maximum Gasteiger partial charge on any atom is 0.280 e. The second-order valence-electron chi connectivity index (χ2n) is 5.44. The summed E-state index contributed by atoms with van der Waals surface area (Å²) in [6.07, 6.45) is 5.83. The third kappa shape index (κ3) is 5.81. The Bertz CT molecular complexity index is 910. The molecular formula is C20H18Cl2N2O4. The number of carbonyl (C=O) groups excluding carboxylic acids is 1. The summed E-state index contributed by atoms with van der Waals surface area (Å²) in [4.78, 5) is 12.2. The van der Waals surface area contributed by atoms with Gasteiger partial charge in [0.15, 0.2) is 17.6 Å². The predicted molar refractivity (Wildman–Crippen MR) is 110 cm³/mol. The van der Waals surface area contributed by atoms with Crippen LogP contribution in [0.3, 0.4) is 0 Å². The lowest BCUT2D eigenvalue weighted by Gasteiger charge is -2.14. The van der Waals surface area contributed by atoms with Crippen molar-refractivity contribution in [2.24, 2.45) is 5.10 Å². The number of halogens is 2. The van der Waals surface area contributed by atoms with Crippen LogP contribution in [-0.4, -0.2) is 31.9 Å². The number of rotatable bonds is 8. The van der Waals surface area contributed by atoms with E-state index in [1.54, 1.807) is 37.3 Å². The van der Waals surface area contributed by atoms with E-state index in [0.29, 0.717) is 32.9 Å². The quantitative estimate of drug-likeness (QED) is 0.399. The van der Waals surface area contributed by atoms with E-state index in [0.717, 1.165) is 0 Å². The number of methoxy groups -OCH3 is 1. The molecule has 0 saturated heterocycles. The molecule has 0 bridgehead atoms. The van der Waals surface area contributed by atoms with E-state index in [1.165, 1.54) is 19.4 Å². The van der Waals surface area contributed by atoms with Crippen LogP contribution >= 0.6 is 23.2 Å². The maximum absolute atomic E-state index is 12.2. The lowest BCUT2D eigenvalue weighted by molar-refractivity contribution is -0.127. The molecule has 0 spiro atoms. The first-order valence-corrected chi connectivity index (χ1v) is 8.89. The Morgan fingerprint density at radius 3 is 2.79 bits per heavy atom. The normalized spacial score (nSPS) is 11.5. The van der Waals surface area contributed by atoms with Gasteiger partial charge in [0.2, 0.25) is 0 Å². The number of nitrogens with zero attached hydrogens (tertiary/aromatic N) is 1. The van der Waals surface area contributed by atoms with Crippen LogP contribution in [0.15, 0.2) is 41.5 Å². The molecule has 0 aliphatic heterocycles. The monoisotopic (exact) mass is 420 g/mol. The molecule has 8 heteroatoms. The van der Waals surface area contributed by atoms with Gasteiger partial charge in [-0.2, -0.15) is 5.10 Å². The number of para-hydroxylation sites is 1. The van der Waals surface area contributed by atoms with Gasteiger partial charge in [0.25, 0.3) is 5.91 Å². The van der Waals surface area contributed by atoms with Gasteiger partial charge in [-0.05, 0) is 37.3 Å². The molecule has 1 N–H and O–H groups in total. The zero-order chi connectivity index (χ0) is 20.5. The third-order valence-electron chi connectivity index (χ3n) is 3.47. The summed E-state index contributed by atoms with van der Waals surface area (Å²) in [7, 11) is 1.52. The van der Waals surface area contributed by atoms with Crippen molar-refractivity contribution < 1.29 is 19.0 Å². The average molecular weight is 421 g/mol. The second kappa shape index (κ2) is 10.5. The van der Waals surface area contributed by atoms with Crippen molar-refractivity contribution in [3.05, 3.63) is 52.0 Å². The van der Waals surface area contributed by atoms with Crippen LogP contribution in [-0.2, 0) is 4.79 Å². The van der Waals surface area contributed by atoms with Crippen molar-refractivity contribution in [2.45, 2.75) is 13.0 Å². The van der Waals surface area contributed by atoms with E-state index in [1.807, 2.05) is 0 Å². The van der Waals surface area contributed by atoms with Gasteiger partial charge in [-0.25, -0.2) is 5.43 Å². The van der Waals surface area contributed by atoms with Crippen molar-refractivity contribution >= 4 is 35.3 Å². The van der Waals surface area contributed by atoms with E-state index in [9.17, 15) is 4.79 Å². The highest BCUT2D eigenvalue weighted by Gasteiger charge is 2.16. The van der Waals surface area contributed by atoms with E-state index in [4.69, 9.17) is 43.8 Å². The molecule has 0 saturated carbocycles. The standard InChI is InChI=1S/C20H18Cl2N2O4/c1-4-10-27-19-14(6-5-7-18(19)26-3)12-23-24-20(25)13(2)28-17-9-8-15(21)11-16(17)22/h1,5-9,11-13H,10H2,2-3H3,(H,24,25). The van der Waals surface area contributed by atoms with Crippen LogP contribution in [0.4, 0.5) is 0 Å². The van der Waals surface area contributed by atoms with Crippen molar-refractivity contribution in [1.82, 2.24) is 5.43 Å². The number of amides is 1. The molecular weight excluding hydrogens is 403 g/mol. The minimum atomic E-state index is -0.835. The van der Waals surface area contributed by atoms with E-state index >= 15 is 0 Å². The Labute approximate surface area is 173 Å². The topological polar surface area (TPSA) is 69.2 Å². The van der Waals surface area contributed by atoms with Gasteiger partial charge in [0.1, 0.15) is 12.4 Å². The summed E-state index contributed by atoms with van der Waals surface area (Å²) in [6, 6.07) is 9.97. The second-order valence-corrected chi connectivity index (χ2v) is 6.28.